The summed E-state index contributed by atoms with van der Waals surface area (Å²) in [5.74, 6) is 1.21. The summed E-state index contributed by atoms with van der Waals surface area (Å²) in [6.07, 6.45) is 0. The molecule has 0 spiro atoms. The van der Waals surface area contributed by atoms with Crippen molar-refractivity contribution in [2.75, 3.05) is 52.1 Å². The first-order valence-corrected chi connectivity index (χ1v) is 11.3. The number of nitrogens with zero attached hydrogens (tertiary/aromatic N) is 2. The Morgan fingerprint density at radius 3 is 2.76 bits per heavy atom. The van der Waals surface area contributed by atoms with Crippen molar-refractivity contribution in [3.8, 4) is 11.5 Å². The summed E-state index contributed by atoms with van der Waals surface area (Å²) in [7, 11) is 3.46. The Morgan fingerprint density at radius 2 is 2.07 bits per heavy atom. The van der Waals surface area contributed by atoms with Gasteiger partial charge in [0, 0.05) is 30.2 Å². The van der Waals surface area contributed by atoms with Gasteiger partial charge in [-0.3, -0.25) is 14.7 Å². The Morgan fingerprint density at radius 1 is 1.28 bits per heavy atom. The number of aliphatic carboxylic acids is 1. The molecule has 0 saturated carbocycles. The SMILES string of the molecule is COCCOCCOc1ccc(C2=NC(C3SC[C@H](C(=O)O)N3C)CS2)c(O)c1. The number of phenols is 1. The van der Waals surface area contributed by atoms with Crippen molar-refractivity contribution >= 4 is 34.5 Å². The minimum atomic E-state index is -0.797. The van der Waals surface area contributed by atoms with Gasteiger partial charge >= 0.3 is 5.97 Å². The van der Waals surface area contributed by atoms with Gasteiger partial charge in [0.05, 0.1) is 31.2 Å². The van der Waals surface area contributed by atoms with Gasteiger partial charge in [0.15, 0.2) is 0 Å². The molecule has 1 fully saturated rings. The summed E-state index contributed by atoms with van der Waals surface area (Å²) < 4.78 is 15.8. The average Bonchev–Trinajstić information content (AvgIpc) is 3.31. The molecule has 0 bridgehead atoms. The first-order chi connectivity index (χ1) is 14.0. The first kappa shape index (κ1) is 22.2. The van der Waals surface area contributed by atoms with E-state index in [2.05, 4.69) is 0 Å². The second kappa shape index (κ2) is 10.5. The number of methoxy groups -OCH3 is 1. The van der Waals surface area contributed by atoms with Crippen LogP contribution in [0.25, 0.3) is 0 Å². The van der Waals surface area contributed by atoms with E-state index in [1.165, 1.54) is 0 Å². The molecule has 2 heterocycles. The Bertz CT molecular complexity index is 747. The Hall–Kier alpha value is -1.46. The quantitative estimate of drug-likeness (QED) is 0.525. The lowest BCUT2D eigenvalue weighted by atomic mass is 10.2. The number of ether oxygens (including phenoxy) is 3. The fourth-order valence-electron chi connectivity index (χ4n) is 3.16. The highest BCUT2D eigenvalue weighted by molar-refractivity contribution is 8.14. The fourth-order valence-corrected chi connectivity index (χ4v) is 5.92. The highest BCUT2D eigenvalue weighted by atomic mass is 32.2. The number of aliphatic imine (C=N–C) groups is 1. The molecule has 3 atom stereocenters. The Labute approximate surface area is 178 Å². The number of hydrogen-bond donors (Lipinski definition) is 2. The molecule has 0 aromatic heterocycles. The van der Waals surface area contributed by atoms with E-state index in [1.54, 1.807) is 48.8 Å². The van der Waals surface area contributed by atoms with Crippen LogP contribution in [0.1, 0.15) is 5.56 Å². The summed E-state index contributed by atoms with van der Waals surface area (Å²) in [6.45, 7) is 1.89. The number of thioether (sulfide) groups is 2. The lowest BCUT2D eigenvalue weighted by Gasteiger charge is -2.24. The van der Waals surface area contributed by atoms with E-state index in [1.807, 2.05) is 11.9 Å². The molecule has 2 aliphatic heterocycles. The van der Waals surface area contributed by atoms with Gasteiger partial charge in [-0.15, -0.1) is 23.5 Å². The third-order valence-electron chi connectivity index (χ3n) is 4.73. The molecule has 0 aliphatic carbocycles. The molecule has 3 rings (SSSR count). The lowest BCUT2D eigenvalue weighted by molar-refractivity contribution is -0.141. The van der Waals surface area contributed by atoms with Crippen LogP contribution >= 0.6 is 23.5 Å². The largest absolute Gasteiger partial charge is 0.507 e. The summed E-state index contributed by atoms with van der Waals surface area (Å²) in [4.78, 5) is 18.0. The molecule has 160 valence electrons. The van der Waals surface area contributed by atoms with Gasteiger partial charge in [-0.05, 0) is 19.2 Å². The van der Waals surface area contributed by atoms with Crippen LogP contribution in [0, 0.1) is 0 Å². The molecule has 0 radical (unpaired) electrons. The van der Waals surface area contributed by atoms with Crippen LogP contribution in [0.5, 0.6) is 11.5 Å². The Kier molecular flexibility index (Phi) is 8.07. The van der Waals surface area contributed by atoms with E-state index in [0.717, 1.165) is 10.8 Å². The highest BCUT2D eigenvalue weighted by Gasteiger charge is 2.41. The van der Waals surface area contributed by atoms with Gasteiger partial charge in [0.1, 0.15) is 29.2 Å². The van der Waals surface area contributed by atoms with E-state index in [-0.39, 0.29) is 17.2 Å². The molecule has 29 heavy (non-hydrogen) atoms. The summed E-state index contributed by atoms with van der Waals surface area (Å²) in [6, 6.07) is 4.71. The number of benzene rings is 1. The van der Waals surface area contributed by atoms with Gasteiger partial charge in [-0.25, -0.2) is 0 Å². The Balaban J connectivity index is 1.57. The molecule has 2 unspecified atom stereocenters. The van der Waals surface area contributed by atoms with Crippen LogP contribution in [0.3, 0.4) is 0 Å². The highest BCUT2D eigenvalue weighted by Crippen LogP contribution is 2.38. The minimum absolute atomic E-state index is 0.00562. The normalized spacial score (nSPS) is 24.6. The van der Waals surface area contributed by atoms with E-state index in [9.17, 15) is 15.0 Å². The number of carbonyl (C=O) groups is 1. The zero-order chi connectivity index (χ0) is 20.8. The molecule has 1 aromatic rings. The molecule has 0 amide bonds. The summed E-state index contributed by atoms with van der Waals surface area (Å²) in [5.41, 5.74) is 0.668. The van der Waals surface area contributed by atoms with Crippen molar-refractivity contribution in [2.24, 2.45) is 4.99 Å². The maximum Gasteiger partial charge on any atom is 0.321 e. The number of likely N-dealkylation sites (N-methyl/N-ethyl adjacent to an activating group) is 1. The molecular weight excluding hydrogens is 416 g/mol. The summed E-state index contributed by atoms with van der Waals surface area (Å²) >= 11 is 3.21. The fraction of sp³-hybridized carbons (Fsp3) is 0.579. The number of hydrogen-bond acceptors (Lipinski definition) is 9. The van der Waals surface area contributed by atoms with Gasteiger partial charge in [-0.2, -0.15) is 0 Å². The van der Waals surface area contributed by atoms with E-state index in [0.29, 0.717) is 43.5 Å². The van der Waals surface area contributed by atoms with E-state index >= 15 is 0 Å². The molecule has 1 aromatic carbocycles. The predicted molar refractivity (Wildman–Crippen MR) is 115 cm³/mol. The van der Waals surface area contributed by atoms with Crippen LogP contribution in [0.4, 0.5) is 0 Å². The monoisotopic (exact) mass is 442 g/mol. The van der Waals surface area contributed by atoms with E-state index in [4.69, 9.17) is 19.2 Å². The van der Waals surface area contributed by atoms with Gasteiger partial charge < -0.3 is 24.4 Å². The number of carboxylic acid groups (broad SMARTS) is 1. The third-order valence-corrected chi connectivity index (χ3v) is 7.34. The van der Waals surface area contributed by atoms with Crippen molar-refractivity contribution < 1.29 is 29.2 Å². The standard InChI is InChI=1S/C19H26N2O6S2/c1-21-15(19(23)24)11-29-18(21)14-10-28-17(20-14)13-4-3-12(9-16(13)22)27-8-7-26-6-5-25-2/h3-4,9,14-15,18,22H,5-8,10-11H2,1-2H3,(H,23,24)/t14?,15-,18?/m1/s1. The zero-order valence-electron chi connectivity index (χ0n) is 16.4. The summed E-state index contributed by atoms with van der Waals surface area (Å²) in [5, 5.41) is 20.5. The van der Waals surface area contributed by atoms with Crippen LogP contribution in [0.2, 0.25) is 0 Å². The molecule has 8 nitrogen and oxygen atoms in total. The minimum Gasteiger partial charge on any atom is -0.507 e. The van der Waals surface area contributed by atoms with Crippen LogP contribution < -0.4 is 4.74 Å². The number of carboxylic acids is 1. The maximum absolute atomic E-state index is 11.3. The second-order valence-corrected chi connectivity index (χ2v) is 8.85. The molecule has 1 saturated heterocycles. The van der Waals surface area contributed by atoms with E-state index < -0.39 is 12.0 Å². The molecule has 2 aliphatic rings. The predicted octanol–water partition coefficient (Wildman–Crippen LogP) is 1.75. The van der Waals surface area contributed by atoms with Crippen molar-refractivity contribution in [1.82, 2.24) is 4.90 Å². The third kappa shape index (κ3) is 5.58. The van der Waals surface area contributed by atoms with Crippen molar-refractivity contribution in [3.63, 3.8) is 0 Å². The van der Waals surface area contributed by atoms with Gasteiger partial charge in [0.25, 0.3) is 0 Å². The molecule has 2 N–H and O–H groups in total. The zero-order valence-corrected chi connectivity index (χ0v) is 18.1. The number of rotatable bonds is 10. The van der Waals surface area contributed by atoms with Crippen LogP contribution in [-0.4, -0.2) is 95.7 Å². The van der Waals surface area contributed by atoms with Crippen LogP contribution in [0.15, 0.2) is 23.2 Å². The van der Waals surface area contributed by atoms with Gasteiger partial charge in [0.2, 0.25) is 0 Å². The van der Waals surface area contributed by atoms with Crippen molar-refractivity contribution in [3.05, 3.63) is 23.8 Å². The molecular formula is C19H26N2O6S2. The molecule has 10 heteroatoms. The topological polar surface area (TPSA) is 101 Å². The maximum atomic E-state index is 11.3. The number of phenolic OH excluding ortho intramolecular Hbond substituents is 1. The second-order valence-electron chi connectivity index (χ2n) is 6.69. The van der Waals surface area contributed by atoms with Crippen LogP contribution in [-0.2, 0) is 14.3 Å². The van der Waals surface area contributed by atoms with Gasteiger partial charge in [-0.1, -0.05) is 0 Å². The lowest BCUT2D eigenvalue weighted by Crippen LogP contribution is -2.42. The van der Waals surface area contributed by atoms with Crippen molar-refractivity contribution in [1.29, 1.82) is 0 Å². The smallest absolute Gasteiger partial charge is 0.321 e. The average molecular weight is 443 g/mol. The van der Waals surface area contributed by atoms with Crippen molar-refractivity contribution in [2.45, 2.75) is 17.5 Å². The first-order valence-electron chi connectivity index (χ1n) is 9.31. The number of aromatic hydroxyl groups is 1.